The third-order valence-electron chi connectivity index (χ3n) is 2.43. The average molecular weight is 279 g/mol. The van der Waals surface area contributed by atoms with Gasteiger partial charge in [-0.05, 0) is 42.0 Å². The van der Waals surface area contributed by atoms with Crippen molar-refractivity contribution in [1.29, 1.82) is 0 Å². The molecule has 0 amide bonds. The predicted octanol–water partition coefficient (Wildman–Crippen LogP) is 2.04. The Morgan fingerprint density at radius 2 is 1.32 bits per heavy atom. The zero-order valence-corrected chi connectivity index (χ0v) is 10.8. The second-order valence-corrected chi connectivity index (χ2v) is 5.80. The minimum Gasteiger partial charge on any atom is -0.508 e. The van der Waals surface area contributed by atoms with E-state index >= 15 is 0 Å². The van der Waals surface area contributed by atoms with E-state index in [1.54, 1.807) is 12.1 Å². The maximum atomic E-state index is 11.9. The summed E-state index contributed by atoms with van der Waals surface area (Å²) in [6, 6.07) is 11.7. The first kappa shape index (κ1) is 13.2. The Bertz CT molecular complexity index is 595. The van der Waals surface area contributed by atoms with E-state index in [9.17, 15) is 8.42 Å². The van der Waals surface area contributed by atoms with Crippen molar-refractivity contribution in [3.63, 3.8) is 0 Å². The average Bonchev–Trinajstić information content (AvgIpc) is 2.34. The van der Waals surface area contributed by atoms with Crippen molar-refractivity contribution < 1.29 is 18.6 Å². The Hall–Kier alpha value is -2.21. The Morgan fingerprint density at radius 3 is 1.84 bits per heavy atom. The van der Waals surface area contributed by atoms with Crippen LogP contribution in [0, 0.1) is 0 Å². The van der Waals surface area contributed by atoms with Crippen LogP contribution in [-0.4, -0.2) is 18.6 Å². The fourth-order valence-corrected chi connectivity index (χ4v) is 2.76. The number of hydrogen-bond donors (Lipinski definition) is 3. The summed E-state index contributed by atoms with van der Waals surface area (Å²) in [5.74, 6) is -0.0251. The fraction of sp³-hybridized carbons (Fsp3) is 0.0769. The van der Waals surface area contributed by atoms with E-state index in [1.807, 2.05) is 0 Å². The van der Waals surface area contributed by atoms with Gasteiger partial charge in [-0.1, -0.05) is 12.1 Å². The molecule has 0 saturated heterocycles. The van der Waals surface area contributed by atoms with Crippen LogP contribution < -0.4 is 4.72 Å². The Labute approximate surface area is 111 Å². The SMILES string of the molecule is O=S(=O)(Cc1ccc(O)cc1)Nc1ccc(O)cc1. The van der Waals surface area contributed by atoms with Crippen LogP contribution in [0.5, 0.6) is 11.5 Å². The molecule has 2 aromatic rings. The molecule has 0 unspecified atom stereocenters. The van der Waals surface area contributed by atoms with E-state index in [-0.39, 0.29) is 17.3 Å². The fourth-order valence-electron chi connectivity index (χ4n) is 1.56. The molecule has 0 saturated carbocycles. The maximum absolute atomic E-state index is 11.9. The van der Waals surface area contributed by atoms with Crippen LogP contribution in [0.25, 0.3) is 0 Å². The van der Waals surface area contributed by atoms with Gasteiger partial charge in [0.2, 0.25) is 10.0 Å². The lowest BCUT2D eigenvalue weighted by Gasteiger charge is -2.08. The molecule has 100 valence electrons. The number of phenols is 2. The lowest BCUT2D eigenvalue weighted by Crippen LogP contribution is -2.14. The minimum atomic E-state index is -3.53. The molecule has 0 radical (unpaired) electrons. The molecular formula is C13H13NO4S. The van der Waals surface area contributed by atoms with Crippen LogP contribution in [0.4, 0.5) is 5.69 Å². The van der Waals surface area contributed by atoms with Gasteiger partial charge in [-0.15, -0.1) is 0 Å². The molecule has 0 aliphatic heterocycles. The first-order valence-electron chi connectivity index (χ1n) is 5.52. The van der Waals surface area contributed by atoms with Gasteiger partial charge in [0.1, 0.15) is 11.5 Å². The smallest absolute Gasteiger partial charge is 0.236 e. The summed E-state index contributed by atoms with van der Waals surface area (Å²) in [5, 5.41) is 18.2. The van der Waals surface area contributed by atoms with Crippen molar-refractivity contribution >= 4 is 15.7 Å². The van der Waals surface area contributed by atoms with E-state index in [0.29, 0.717) is 11.3 Å². The first-order valence-corrected chi connectivity index (χ1v) is 7.17. The molecule has 0 heterocycles. The van der Waals surface area contributed by atoms with E-state index in [0.717, 1.165) is 0 Å². The molecule has 3 N–H and O–H groups in total. The van der Waals surface area contributed by atoms with Gasteiger partial charge in [-0.3, -0.25) is 4.72 Å². The topological polar surface area (TPSA) is 86.6 Å². The second-order valence-electron chi connectivity index (χ2n) is 4.07. The summed E-state index contributed by atoms with van der Waals surface area (Å²) in [6.07, 6.45) is 0. The highest BCUT2D eigenvalue weighted by Gasteiger charge is 2.11. The normalized spacial score (nSPS) is 11.2. The van der Waals surface area contributed by atoms with Crippen molar-refractivity contribution in [2.75, 3.05) is 4.72 Å². The number of aromatic hydroxyl groups is 2. The molecule has 0 atom stereocenters. The first-order chi connectivity index (χ1) is 8.94. The van der Waals surface area contributed by atoms with Crippen LogP contribution in [0.15, 0.2) is 48.5 Å². The molecule has 0 aliphatic rings. The third kappa shape index (κ3) is 3.89. The highest BCUT2D eigenvalue weighted by molar-refractivity contribution is 7.91. The van der Waals surface area contributed by atoms with Gasteiger partial charge >= 0.3 is 0 Å². The summed E-state index contributed by atoms with van der Waals surface area (Å²) < 4.78 is 26.2. The molecule has 0 aromatic heterocycles. The van der Waals surface area contributed by atoms with E-state index in [1.165, 1.54) is 36.4 Å². The monoisotopic (exact) mass is 279 g/mol. The number of anilines is 1. The maximum Gasteiger partial charge on any atom is 0.236 e. The largest absolute Gasteiger partial charge is 0.508 e. The van der Waals surface area contributed by atoms with Crippen molar-refractivity contribution in [3.8, 4) is 11.5 Å². The lowest BCUT2D eigenvalue weighted by atomic mass is 10.2. The van der Waals surface area contributed by atoms with Gasteiger partial charge in [0, 0.05) is 5.69 Å². The number of rotatable bonds is 4. The number of hydrogen-bond acceptors (Lipinski definition) is 4. The Kier molecular flexibility index (Phi) is 3.62. The van der Waals surface area contributed by atoms with Crippen molar-refractivity contribution in [2.45, 2.75) is 5.75 Å². The molecule has 0 bridgehead atoms. The zero-order chi connectivity index (χ0) is 13.9. The number of sulfonamides is 1. The van der Waals surface area contributed by atoms with Crippen molar-refractivity contribution in [2.24, 2.45) is 0 Å². The Balaban J connectivity index is 2.10. The number of benzene rings is 2. The van der Waals surface area contributed by atoms with Crippen LogP contribution in [0.3, 0.4) is 0 Å². The quantitative estimate of drug-likeness (QED) is 0.747. The molecule has 2 rings (SSSR count). The van der Waals surface area contributed by atoms with Gasteiger partial charge < -0.3 is 10.2 Å². The zero-order valence-electron chi connectivity index (χ0n) is 9.95. The van der Waals surface area contributed by atoms with Gasteiger partial charge in [0.05, 0.1) is 5.75 Å². The molecule has 0 fully saturated rings. The molecule has 19 heavy (non-hydrogen) atoms. The molecule has 5 nitrogen and oxygen atoms in total. The summed E-state index contributed by atoms with van der Waals surface area (Å²) in [5.41, 5.74) is 0.959. The second kappa shape index (κ2) is 5.19. The summed E-state index contributed by atoms with van der Waals surface area (Å²) in [7, 11) is -3.53. The number of nitrogens with one attached hydrogen (secondary N) is 1. The summed E-state index contributed by atoms with van der Waals surface area (Å²) in [4.78, 5) is 0. The lowest BCUT2D eigenvalue weighted by molar-refractivity contribution is 0.474. The van der Waals surface area contributed by atoms with Gasteiger partial charge in [0.15, 0.2) is 0 Å². The molecule has 0 spiro atoms. The van der Waals surface area contributed by atoms with Gasteiger partial charge in [0.25, 0.3) is 0 Å². The predicted molar refractivity (Wildman–Crippen MR) is 72.5 cm³/mol. The van der Waals surface area contributed by atoms with Gasteiger partial charge in [-0.25, -0.2) is 8.42 Å². The molecule has 0 aliphatic carbocycles. The van der Waals surface area contributed by atoms with Crippen LogP contribution in [0.2, 0.25) is 0 Å². The molecule has 6 heteroatoms. The van der Waals surface area contributed by atoms with Crippen LogP contribution in [0.1, 0.15) is 5.56 Å². The van der Waals surface area contributed by atoms with Crippen molar-refractivity contribution in [1.82, 2.24) is 0 Å². The van der Waals surface area contributed by atoms with E-state index in [4.69, 9.17) is 10.2 Å². The van der Waals surface area contributed by atoms with Crippen LogP contribution >= 0.6 is 0 Å². The van der Waals surface area contributed by atoms with Crippen LogP contribution in [-0.2, 0) is 15.8 Å². The number of phenolic OH excluding ortho intramolecular Hbond substituents is 2. The standard InChI is InChI=1S/C13H13NO4S/c15-12-5-1-10(2-6-12)9-19(17,18)14-11-3-7-13(16)8-4-11/h1-8,14-16H,9H2. The summed E-state index contributed by atoms with van der Waals surface area (Å²) >= 11 is 0. The van der Waals surface area contributed by atoms with Crippen molar-refractivity contribution in [3.05, 3.63) is 54.1 Å². The van der Waals surface area contributed by atoms with E-state index < -0.39 is 10.0 Å². The summed E-state index contributed by atoms with van der Waals surface area (Å²) in [6.45, 7) is 0. The highest BCUT2D eigenvalue weighted by atomic mass is 32.2. The minimum absolute atomic E-state index is 0.0708. The molecule has 2 aromatic carbocycles. The molecular weight excluding hydrogens is 266 g/mol. The van der Waals surface area contributed by atoms with E-state index in [2.05, 4.69) is 4.72 Å². The highest BCUT2D eigenvalue weighted by Crippen LogP contribution is 2.17. The van der Waals surface area contributed by atoms with Gasteiger partial charge in [-0.2, -0.15) is 0 Å². The Morgan fingerprint density at radius 1 is 0.842 bits per heavy atom. The third-order valence-corrected chi connectivity index (χ3v) is 3.69.